The van der Waals surface area contributed by atoms with Crippen LogP contribution in [0.3, 0.4) is 0 Å². The van der Waals surface area contributed by atoms with Crippen LogP contribution in [0.25, 0.3) is 0 Å². The molecule has 2 rings (SSSR count). The molecule has 0 radical (unpaired) electrons. The average Bonchev–Trinajstić information content (AvgIpc) is 2.40. The Morgan fingerprint density at radius 2 is 2.39 bits per heavy atom. The lowest BCUT2D eigenvalue weighted by Crippen LogP contribution is -2.34. The molecule has 98 valence electrons. The number of rotatable bonds is 5. The summed E-state index contributed by atoms with van der Waals surface area (Å²) in [4.78, 5) is 11.9. The summed E-state index contributed by atoms with van der Waals surface area (Å²) in [5.74, 6) is 0.508. The molecule has 1 fully saturated rings. The zero-order chi connectivity index (χ0) is 12.8. The fourth-order valence-corrected chi connectivity index (χ4v) is 2.16. The zero-order valence-corrected chi connectivity index (χ0v) is 10.3. The van der Waals surface area contributed by atoms with Gasteiger partial charge in [0.05, 0.1) is 6.61 Å². The SMILES string of the molecule is O=C(CCOc1cccc(F)c1)C1CCCNC1. The molecule has 18 heavy (non-hydrogen) atoms. The topological polar surface area (TPSA) is 38.3 Å². The highest BCUT2D eigenvalue weighted by Crippen LogP contribution is 2.15. The summed E-state index contributed by atoms with van der Waals surface area (Å²) in [6.45, 7) is 2.10. The molecule has 1 N–H and O–H groups in total. The molecule has 4 heteroatoms. The minimum atomic E-state index is -0.324. The third-order valence-electron chi connectivity index (χ3n) is 3.17. The van der Waals surface area contributed by atoms with Crippen molar-refractivity contribution in [1.29, 1.82) is 0 Å². The number of ether oxygens (including phenoxy) is 1. The predicted octanol–water partition coefficient (Wildman–Crippen LogP) is 2.16. The molecular weight excluding hydrogens is 233 g/mol. The Bertz CT molecular complexity index is 403. The highest BCUT2D eigenvalue weighted by Gasteiger charge is 2.20. The van der Waals surface area contributed by atoms with E-state index in [-0.39, 0.29) is 17.5 Å². The van der Waals surface area contributed by atoms with Crippen LogP contribution in [0.15, 0.2) is 24.3 Å². The van der Waals surface area contributed by atoms with E-state index in [4.69, 9.17) is 4.74 Å². The van der Waals surface area contributed by atoms with E-state index in [0.717, 1.165) is 25.9 Å². The van der Waals surface area contributed by atoms with Crippen molar-refractivity contribution < 1.29 is 13.9 Å². The first kappa shape index (κ1) is 13.0. The molecule has 1 saturated heterocycles. The van der Waals surface area contributed by atoms with Crippen molar-refractivity contribution in [1.82, 2.24) is 5.32 Å². The molecule has 1 aromatic rings. The van der Waals surface area contributed by atoms with Crippen molar-refractivity contribution in [3.8, 4) is 5.75 Å². The van der Waals surface area contributed by atoms with E-state index in [0.29, 0.717) is 18.8 Å². The number of carbonyl (C=O) groups is 1. The van der Waals surface area contributed by atoms with Gasteiger partial charge in [-0.15, -0.1) is 0 Å². The Kier molecular flexibility index (Phi) is 4.70. The van der Waals surface area contributed by atoms with Crippen LogP contribution in [0, 0.1) is 11.7 Å². The van der Waals surface area contributed by atoms with Crippen LogP contribution in [0.4, 0.5) is 4.39 Å². The maximum atomic E-state index is 12.9. The number of Topliss-reactive ketones (excluding diaryl/α,β-unsaturated/α-hetero) is 1. The molecule has 1 aliphatic rings. The van der Waals surface area contributed by atoms with Gasteiger partial charge < -0.3 is 10.1 Å². The van der Waals surface area contributed by atoms with E-state index in [9.17, 15) is 9.18 Å². The number of halogens is 1. The smallest absolute Gasteiger partial charge is 0.140 e. The Labute approximate surface area is 106 Å². The van der Waals surface area contributed by atoms with Crippen LogP contribution in [-0.2, 0) is 4.79 Å². The van der Waals surface area contributed by atoms with Crippen LogP contribution < -0.4 is 10.1 Å². The third kappa shape index (κ3) is 3.81. The second kappa shape index (κ2) is 6.50. The summed E-state index contributed by atoms with van der Waals surface area (Å²) in [6.07, 6.45) is 2.41. The van der Waals surface area contributed by atoms with E-state index in [1.54, 1.807) is 12.1 Å². The molecule has 0 bridgehead atoms. The highest BCUT2D eigenvalue weighted by atomic mass is 19.1. The van der Waals surface area contributed by atoms with Crippen molar-refractivity contribution in [3.05, 3.63) is 30.1 Å². The zero-order valence-electron chi connectivity index (χ0n) is 10.3. The highest BCUT2D eigenvalue weighted by molar-refractivity contribution is 5.81. The summed E-state index contributed by atoms with van der Waals surface area (Å²) in [6, 6.07) is 5.98. The predicted molar refractivity (Wildman–Crippen MR) is 67.1 cm³/mol. The number of ketones is 1. The van der Waals surface area contributed by atoms with E-state index in [1.807, 2.05) is 0 Å². The van der Waals surface area contributed by atoms with E-state index >= 15 is 0 Å². The molecule has 1 aromatic carbocycles. The Morgan fingerprint density at radius 3 is 3.11 bits per heavy atom. The van der Waals surface area contributed by atoms with Gasteiger partial charge in [-0.2, -0.15) is 0 Å². The van der Waals surface area contributed by atoms with Gasteiger partial charge in [-0.1, -0.05) is 6.07 Å². The van der Waals surface area contributed by atoms with Gasteiger partial charge in [0.1, 0.15) is 17.3 Å². The van der Waals surface area contributed by atoms with Crippen molar-refractivity contribution >= 4 is 5.78 Å². The Balaban J connectivity index is 1.73. The molecule has 1 atom stereocenters. The van der Waals surface area contributed by atoms with Crippen LogP contribution in [0.1, 0.15) is 19.3 Å². The molecule has 0 aliphatic carbocycles. The van der Waals surface area contributed by atoms with Gasteiger partial charge in [-0.05, 0) is 31.5 Å². The summed E-state index contributed by atoms with van der Waals surface area (Å²) in [7, 11) is 0. The molecule has 0 amide bonds. The van der Waals surface area contributed by atoms with E-state index in [2.05, 4.69) is 5.32 Å². The Hall–Kier alpha value is -1.42. The molecule has 0 aromatic heterocycles. The van der Waals surface area contributed by atoms with Gasteiger partial charge in [0.25, 0.3) is 0 Å². The first-order chi connectivity index (χ1) is 8.75. The first-order valence-corrected chi connectivity index (χ1v) is 6.37. The number of hydrogen-bond donors (Lipinski definition) is 1. The number of benzene rings is 1. The van der Waals surface area contributed by atoms with Gasteiger partial charge in [0.15, 0.2) is 0 Å². The minimum Gasteiger partial charge on any atom is -0.493 e. The first-order valence-electron chi connectivity index (χ1n) is 6.37. The van der Waals surface area contributed by atoms with Crippen molar-refractivity contribution in [2.24, 2.45) is 5.92 Å². The molecule has 1 aliphatic heterocycles. The number of piperidine rings is 1. The maximum Gasteiger partial charge on any atom is 0.140 e. The average molecular weight is 251 g/mol. The normalized spacial score (nSPS) is 19.5. The third-order valence-corrected chi connectivity index (χ3v) is 3.17. The lowest BCUT2D eigenvalue weighted by atomic mass is 9.94. The van der Waals surface area contributed by atoms with E-state index < -0.39 is 0 Å². The molecule has 0 saturated carbocycles. The minimum absolute atomic E-state index is 0.120. The number of nitrogens with one attached hydrogen (secondary N) is 1. The molecular formula is C14H18FNO2. The van der Waals surface area contributed by atoms with Crippen LogP contribution in [-0.4, -0.2) is 25.5 Å². The quantitative estimate of drug-likeness (QED) is 0.871. The fraction of sp³-hybridized carbons (Fsp3) is 0.500. The fourth-order valence-electron chi connectivity index (χ4n) is 2.16. The van der Waals surface area contributed by atoms with Crippen molar-refractivity contribution in [3.63, 3.8) is 0 Å². The summed E-state index contributed by atoms with van der Waals surface area (Å²) >= 11 is 0. The van der Waals surface area contributed by atoms with Crippen LogP contribution in [0.5, 0.6) is 5.75 Å². The summed E-state index contributed by atoms with van der Waals surface area (Å²) < 4.78 is 18.3. The van der Waals surface area contributed by atoms with Crippen molar-refractivity contribution in [2.45, 2.75) is 19.3 Å². The Morgan fingerprint density at radius 1 is 1.50 bits per heavy atom. The van der Waals surface area contributed by atoms with Gasteiger partial charge in [0, 0.05) is 24.9 Å². The molecule has 1 heterocycles. The van der Waals surface area contributed by atoms with Crippen molar-refractivity contribution in [2.75, 3.05) is 19.7 Å². The summed E-state index contributed by atoms with van der Waals surface area (Å²) in [5, 5.41) is 3.22. The maximum absolute atomic E-state index is 12.9. The number of hydrogen-bond acceptors (Lipinski definition) is 3. The monoisotopic (exact) mass is 251 g/mol. The molecule has 1 unspecified atom stereocenters. The second-order valence-corrected chi connectivity index (χ2v) is 4.57. The standard InChI is InChI=1S/C14H18FNO2/c15-12-4-1-5-13(9-12)18-8-6-14(17)11-3-2-7-16-10-11/h1,4-5,9,11,16H,2-3,6-8,10H2. The molecule has 3 nitrogen and oxygen atoms in total. The van der Waals surface area contributed by atoms with E-state index in [1.165, 1.54) is 12.1 Å². The molecule has 0 spiro atoms. The van der Waals surface area contributed by atoms with Gasteiger partial charge >= 0.3 is 0 Å². The van der Waals surface area contributed by atoms with Gasteiger partial charge in [-0.3, -0.25) is 4.79 Å². The van der Waals surface area contributed by atoms with Crippen LogP contribution >= 0.6 is 0 Å². The second-order valence-electron chi connectivity index (χ2n) is 4.57. The van der Waals surface area contributed by atoms with Gasteiger partial charge in [-0.25, -0.2) is 4.39 Å². The lowest BCUT2D eigenvalue weighted by molar-refractivity contribution is -0.123. The van der Waals surface area contributed by atoms with Crippen LogP contribution in [0.2, 0.25) is 0 Å². The van der Waals surface area contributed by atoms with Gasteiger partial charge in [0.2, 0.25) is 0 Å². The lowest BCUT2D eigenvalue weighted by Gasteiger charge is -2.21. The largest absolute Gasteiger partial charge is 0.493 e. The summed E-state index contributed by atoms with van der Waals surface area (Å²) in [5.41, 5.74) is 0. The number of carbonyl (C=O) groups excluding carboxylic acids is 1.